The van der Waals surface area contributed by atoms with Gasteiger partial charge in [-0.15, -0.1) is 11.3 Å². The molecule has 51 heavy (non-hydrogen) atoms. The van der Waals surface area contributed by atoms with E-state index in [0.29, 0.717) is 0 Å². The molecule has 0 spiro atoms. The van der Waals surface area contributed by atoms with Crippen LogP contribution in [0.1, 0.15) is 25.0 Å². The van der Waals surface area contributed by atoms with Gasteiger partial charge in [-0.25, -0.2) is 0 Å². The van der Waals surface area contributed by atoms with E-state index in [1.54, 1.807) is 0 Å². The molecule has 1 aliphatic carbocycles. The van der Waals surface area contributed by atoms with E-state index in [1.165, 1.54) is 75.5 Å². The van der Waals surface area contributed by atoms with Crippen LogP contribution in [0.3, 0.4) is 0 Å². The number of hydrogen-bond donors (Lipinski definition) is 0. The predicted molar refractivity (Wildman–Crippen MR) is 220 cm³/mol. The molecular formula is C49H35NS. The Balaban J connectivity index is 1.15. The van der Waals surface area contributed by atoms with Crippen LogP contribution in [0.4, 0.5) is 17.1 Å². The van der Waals surface area contributed by atoms with Crippen molar-refractivity contribution in [3.8, 4) is 33.4 Å². The van der Waals surface area contributed by atoms with E-state index in [1.807, 2.05) is 11.3 Å². The molecule has 9 aromatic rings. The molecule has 0 radical (unpaired) electrons. The normalized spacial score (nSPS) is 13.1. The Bertz CT molecular complexity index is 2770. The molecule has 10 rings (SSSR count). The number of fused-ring (bicyclic) bond motifs is 7. The molecule has 1 aliphatic rings. The zero-order valence-corrected chi connectivity index (χ0v) is 29.4. The molecule has 0 N–H and O–H groups in total. The zero-order chi connectivity index (χ0) is 34.1. The highest BCUT2D eigenvalue weighted by molar-refractivity contribution is 7.26. The summed E-state index contributed by atoms with van der Waals surface area (Å²) >= 11 is 1.90. The van der Waals surface area contributed by atoms with Crippen molar-refractivity contribution in [1.29, 1.82) is 0 Å². The average Bonchev–Trinajstić information content (AvgIpc) is 3.66. The lowest BCUT2D eigenvalue weighted by Crippen LogP contribution is -2.16. The summed E-state index contributed by atoms with van der Waals surface area (Å²) in [7, 11) is 0. The second-order valence-corrected chi connectivity index (χ2v) is 15.2. The van der Waals surface area contributed by atoms with Gasteiger partial charge in [0.25, 0.3) is 0 Å². The summed E-state index contributed by atoms with van der Waals surface area (Å²) in [6.45, 7) is 4.71. The summed E-state index contributed by atoms with van der Waals surface area (Å²) in [5.74, 6) is 0. The molecule has 0 atom stereocenters. The van der Waals surface area contributed by atoms with Crippen LogP contribution < -0.4 is 4.90 Å². The molecule has 0 amide bonds. The second kappa shape index (κ2) is 11.6. The van der Waals surface area contributed by atoms with Crippen molar-refractivity contribution in [3.05, 3.63) is 187 Å². The first-order valence-corrected chi connectivity index (χ1v) is 18.5. The van der Waals surface area contributed by atoms with Gasteiger partial charge in [0.2, 0.25) is 0 Å². The van der Waals surface area contributed by atoms with Crippen LogP contribution in [0.2, 0.25) is 0 Å². The van der Waals surface area contributed by atoms with Crippen LogP contribution >= 0.6 is 11.3 Å². The van der Waals surface area contributed by atoms with Gasteiger partial charge in [0.05, 0.1) is 0 Å². The minimum Gasteiger partial charge on any atom is -0.310 e. The Kier molecular flexibility index (Phi) is 6.78. The van der Waals surface area contributed by atoms with E-state index in [9.17, 15) is 0 Å². The Morgan fingerprint density at radius 3 is 1.96 bits per heavy atom. The van der Waals surface area contributed by atoms with Crippen molar-refractivity contribution in [3.63, 3.8) is 0 Å². The third-order valence-corrected chi connectivity index (χ3v) is 12.0. The molecule has 0 fully saturated rings. The minimum absolute atomic E-state index is 0.0899. The minimum atomic E-state index is -0.0899. The number of rotatable bonds is 5. The smallest absolute Gasteiger partial charge is 0.0467 e. The Hall–Kier alpha value is -5.96. The SMILES string of the molecule is CC1(C)c2ccccc2-c2ccc(N(c3ccc(-c4c5ccccc5cc5c4sc4ccccc45)cc3)c3cccc(-c4ccccc4)c3)cc21. The third-order valence-electron chi connectivity index (χ3n) is 10.8. The summed E-state index contributed by atoms with van der Waals surface area (Å²) in [5.41, 5.74) is 13.7. The molecular weight excluding hydrogens is 635 g/mol. The van der Waals surface area contributed by atoms with Gasteiger partial charge in [0.15, 0.2) is 0 Å². The topological polar surface area (TPSA) is 3.24 Å². The van der Waals surface area contributed by atoms with Gasteiger partial charge in [-0.3, -0.25) is 0 Å². The van der Waals surface area contributed by atoms with Gasteiger partial charge >= 0.3 is 0 Å². The fraction of sp³-hybridized carbons (Fsp3) is 0.0612. The molecule has 242 valence electrons. The predicted octanol–water partition coefficient (Wildman–Crippen LogP) is 14.3. The van der Waals surface area contributed by atoms with Crippen LogP contribution in [0.5, 0.6) is 0 Å². The molecule has 1 nitrogen and oxygen atoms in total. The quantitative estimate of drug-likeness (QED) is 0.176. The highest BCUT2D eigenvalue weighted by Gasteiger charge is 2.35. The van der Waals surface area contributed by atoms with E-state index in [4.69, 9.17) is 0 Å². The summed E-state index contributed by atoms with van der Waals surface area (Å²) in [6.07, 6.45) is 0. The molecule has 0 saturated heterocycles. The highest BCUT2D eigenvalue weighted by atomic mass is 32.1. The van der Waals surface area contributed by atoms with Crippen molar-refractivity contribution in [2.75, 3.05) is 4.90 Å². The van der Waals surface area contributed by atoms with Crippen LogP contribution in [-0.2, 0) is 5.41 Å². The molecule has 0 bridgehead atoms. The van der Waals surface area contributed by atoms with Crippen LogP contribution in [0, 0.1) is 0 Å². The maximum atomic E-state index is 2.42. The van der Waals surface area contributed by atoms with Crippen LogP contribution in [0.15, 0.2) is 176 Å². The van der Waals surface area contributed by atoms with E-state index in [-0.39, 0.29) is 5.41 Å². The number of anilines is 3. The standard InChI is InChI=1S/C49H35NS/c1-49(2)44-21-10-8-19-40(44)41-28-27-38(31-45(41)49)50(37-17-12-16-34(29-37)32-13-4-3-5-14-32)36-25-23-33(24-26-36)47-39-18-7-6-15-35(39)30-43-42-20-9-11-22-46(42)51-48(43)47/h3-31H,1-2H3. The highest BCUT2D eigenvalue weighted by Crippen LogP contribution is 2.51. The molecule has 2 heteroatoms. The first-order chi connectivity index (χ1) is 25.0. The molecule has 0 saturated carbocycles. The zero-order valence-electron chi connectivity index (χ0n) is 28.6. The fourth-order valence-electron chi connectivity index (χ4n) is 8.32. The molecule has 1 aromatic heterocycles. The molecule has 0 unspecified atom stereocenters. The summed E-state index contributed by atoms with van der Waals surface area (Å²) in [4.78, 5) is 2.42. The van der Waals surface area contributed by atoms with Crippen molar-refractivity contribution in [2.24, 2.45) is 0 Å². The van der Waals surface area contributed by atoms with Gasteiger partial charge in [-0.1, -0.05) is 141 Å². The van der Waals surface area contributed by atoms with Gasteiger partial charge in [0, 0.05) is 48.2 Å². The number of hydrogen-bond acceptors (Lipinski definition) is 2. The van der Waals surface area contributed by atoms with Gasteiger partial charge in [-0.2, -0.15) is 0 Å². The van der Waals surface area contributed by atoms with Gasteiger partial charge in [0.1, 0.15) is 0 Å². The number of benzene rings is 8. The molecule has 0 aliphatic heterocycles. The first kappa shape index (κ1) is 29.9. The lowest BCUT2D eigenvalue weighted by Gasteiger charge is -2.28. The summed E-state index contributed by atoms with van der Waals surface area (Å²) in [5, 5.41) is 5.22. The maximum Gasteiger partial charge on any atom is 0.0467 e. The maximum absolute atomic E-state index is 2.42. The van der Waals surface area contributed by atoms with Crippen LogP contribution in [0.25, 0.3) is 64.3 Å². The number of thiophene rings is 1. The van der Waals surface area contributed by atoms with E-state index >= 15 is 0 Å². The largest absolute Gasteiger partial charge is 0.310 e. The second-order valence-electron chi connectivity index (χ2n) is 14.1. The molecule has 1 heterocycles. The fourth-order valence-corrected chi connectivity index (χ4v) is 9.58. The number of nitrogens with zero attached hydrogens (tertiary/aromatic N) is 1. The van der Waals surface area contributed by atoms with Gasteiger partial charge < -0.3 is 4.90 Å². The van der Waals surface area contributed by atoms with Crippen molar-refractivity contribution >= 4 is 59.3 Å². The van der Waals surface area contributed by atoms with E-state index < -0.39 is 0 Å². The average molecular weight is 670 g/mol. The van der Waals surface area contributed by atoms with Crippen molar-refractivity contribution < 1.29 is 0 Å². The third kappa shape index (κ3) is 4.75. The Morgan fingerprint density at radius 2 is 1.10 bits per heavy atom. The Labute approximate surface area is 302 Å². The summed E-state index contributed by atoms with van der Waals surface area (Å²) in [6, 6.07) is 64.8. The Morgan fingerprint density at radius 1 is 0.431 bits per heavy atom. The van der Waals surface area contributed by atoms with Gasteiger partial charge in [-0.05, 0) is 98.2 Å². The first-order valence-electron chi connectivity index (χ1n) is 17.7. The van der Waals surface area contributed by atoms with E-state index in [2.05, 4.69) is 195 Å². The monoisotopic (exact) mass is 669 g/mol. The lowest BCUT2D eigenvalue weighted by molar-refractivity contribution is 0.660. The van der Waals surface area contributed by atoms with Crippen LogP contribution in [-0.4, -0.2) is 0 Å². The van der Waals surface area contributed by atoms with Crippen molar-refractivity contribution in [1.82, 2.24) is 0 Å². The van der Waals surface area contributed by atoms with E-state index in [0.717, 1.165) is 17.1 Å². The summed E-state index contributed by atoms with van der Waals surface area (Å²) < 4.78 is 2.67. The lowest BCUT2D eigenvalue weighted by atomic mass is 9.82. The molecule has 8 aromatic carbocycles. The van der Waals surface area contributed by atoms with Crippen molar-refractivity contribution in [2.45, 2.75) is 19.3 Å².